The zero-order valence-electron chi connectivity index (χ0n) is 10.2. The monoisotopic (exact) mass is 260 g/mol. The van der Waals surface area contributed by atoms with Crippen molar-refractivity contribution < 1.29 is 14.7 Å². The van der Waals surface area contributed by atoms with Gasteiger partial charge in [-0.3, -0.25) is 4.79 Å². The minimum Gasteiger partial charge on any atom is -0.477 e. The second-order valence-corrected chi connectivity index (χ2v) is 3.93. The van der Waals surface area contributed by atoms with E-state index in [1.165, 1.54) is 23.2 Å². The molecule has 0 unspecified atom stereocenters. The smallest absolute Gasteiger partial charge is 0.354 e. The van der Waals surface area contributed by atoms with E-state index in [1.807, 2.05) is 0 Å². The van der Waals surface area contributed by atoms with E-state index in [4.69, 9.17) is 5.11 Å². The first kappa shape index (κ1) is 12.7. The van der Waals surface area contributed by atoms with Gasteiger partial charge in [0.05, 0.1) is 12.1 Å². The number of imidazole rings is 1. The standard InChI is InChI=1S/C12H12N4O3/c1-16(7-10-13-4-5-14-10)11(17)8-2-3-9(12(18)19)15-6-8/h2-6H,7H2,1H3,(H,13,14)(H,18,19). The minimum absolute atomic E-state index is 0.0924. The number of aromatic nitrogens is 3. The zero-order chi connectivity index (χ0) is 13.8. The number of nitrogens with one attached hydrogen (secondary N) is 1. The lowest BCUT2D eigenvalue weighted by atomic mass is 10.2. The molecular weight excluding hydrogens is 248 g/mol. The van der Waals surface area contributed by atoms with Crippen LogP contribution in [0.3, 0.4) is 0 Å². The van der Waals surface area contributed by atoms with Crippen LogP contribution in [0.2, 0.25) is 0 Å². The van der Waals surface area contributed by atoms with Crippen LogP contribution in [-0.4, -0.2) is 43.9 Å². The number of H-pyrrole nitrogens is 1. The molecule has 0 aliphatic rings. The van der Waals surface area contributed by atoms with Gasteiger partial charge in [-0.05, 0) is 12.1 Å². The third kappa shape index (κ3) is 2.95. The van der Waals surface area contributed by atoms with Gasteiger partial charge in [-0.1, -0.05) is 0 Å². The number of pyridine rings is 1. The van der Waals surface area contributed by atoms with Gasteiger partial charge in [-0.2, -0.15) is 0 Å². The second-order valence-electron chi connectivity index (χ2n) is 3.93. The SMILES string of the molecule is CN(Cc1ncc[nH]1)C(=O)c1ccc(C(=O)O)nc1. The molecule has 0 saturated heterocycles. The fourth-order valence-electron chi connectivity index (χ4n) is 1.55. The van der Waals surface area contributed by atoms with Crippen molar-refractivity contribution in [2.45, 2.75) is 6.54 Å². The quantitative estimate of drug-likeness (QED) is 0.846. The van der Waals surface area contributed by atoms with Crippen LogP contribution in [0.5, 0.6) is 0 Å². The van der Waals surface area contributed by atoms with E-state index in [2.05, 4.69) is 15.0 Å². The van der Waals surface area contributed by atoms with Crippen LogP contribution in [0.1, 0.15) is 26.7 Å². The fraction of sp³-hybridized carbons (Fsp3) is 0.167. The maximum atomic E-state index is 12.0. The average molecular weight is 260 g/mol. The number of hydrogen-bond donors (Lipinski definition) is 2. The number of nitrogens with zero attached hydrogens (tertiary/aromatic N) is 3. The molecule has 0 fully saturated rings. The van der Waals surface area contributed by atoms with E-state index >= 15 is 0 Å². The minimum atomic E-state index is -1.12. The van der Waals surface area contributed by atoms with Crippen LogP contribution in [0.4, 0.5) is 0 Å². The van der Waals surface area contributed by atoms with Crippen molar-refractivity contribution in [1.29, 1.82) is 0 Å². The lowest BCUT2D eigenvalue weighted by molar-refractivity contribution is 0.0688. The van der Waals surface area contributed by atoms with Gasteiger partial charge in [0, 0.05) is 25.6 Å². The molecule has 0 saturated carbocycles. The molecule has 0 aliphatic heterocycles. The topological polar surface area (TPSA) is 99.2 Å². The van der Waals surface area contributed by atoms with Crippen LogP contribution >= 0.6 is 0 Å². The summed E-state index contributed by atoms with van der Waals surface area (Å²) in [7, 11) is 1.63. The van der Waals surface area contributed by atoms with E-state index in [1.54, 1.807) is 19.4 Å². The highest BCUT2D eigenvalue weighted by Crippen LogP contribution is 2.06. The fourth-order valence-corrected chi connectivity index (χ4v) is 1.55. The number of hydrogen-bond acceptors (Lipinski definition) is 4. The maximum absolute atomic E-state index is 12.0. The predicted molar refractivity (Wildman–Crippen MR) is 65.6 cm³/mol. The van der Waals surface area contributed by atoms with Crippen molar-refractivity contribution >= 4 is 11.9 Å². The summed E-state index contributed by atoms with van der Waals surface area (Å²) in [6.07, 6.45) is 4.54. The summed E-state index contributed by atoms with van der Waals surface area (Å²) in [4.78, 5) is 34.8. The van der Waals surface area contributed by atoms with E-state index in [-0.39, 0.29) is 11.6 Å². The Hall–Kier alpha value is -2.70. The first-order valence-corrected chi connectivity index (χ1v) is 5.51. The maximum Gasteiger partial charge on any atom is 0.354 e. The van der Waals surface area contributed by atoms with Crippen molar-refractivity contribution in [2.75, 3.05) is 7.05 Å². The Labute approximate surface area is 108 Å². The van der Waals surface area contributed by atoms with Crippen LogP contribution in [0, 0.1) is 0 Å². The molecule has 2 aromatic heterocycles. The molecule has 0 spiro atoms. The summed E-state index contributed by atoms with van der Waals surface area (Å²) in [6.45, 7) is 0.340. The summed E-state index contributed by atoms with van der Waals surface area (Å²) in [6, 6.07) is 2.74. The third-order valence-electron chi connectivity index (χ3n) is 2.52. The van der Waals surface area contributed by atoms with Crippen molar-refractivity contribution in [1.82, 2.24) is 19.9 Å². The number of aromatic amines is 1. The van der Waals surface area contributed by atoms with E-state index in [9.17, 15) is 9.59 Å². The molecule has 2 N–H and O–H groups in total. The molecule has 98 valence electrons. The summed E-state index contributed by atoms with van der Waals surface area (Å²) in [5, 5.41) is 8.72. The Morgan fingerprint density at radius 2 is 2.16 bits per heavy atom. The second kappa shape index (κ2) is 5.30. The van der Waals surface area contributed by atoms with Crippen molar-refractivity contribution in [3.05, 3.63) is 47.8 Å². The summed E-state index contributed by atoms with van der Waals surface area (Å²) in [5.41, 5.74) is 0.240. The van der Waals surface area contributed by atoms with Gasteiger partial charge in [0.2, 0.25) is 0 Å². The van der Waals surface area contributed by atoms with Gasteiger partial charge in [-0.25, -0.2) is 14.8 Å². The lowest BCUT2D eigenvalue weighted by Crippen LogP contribution is -2.26. The molecule has 7 nitrogen and oxygen atoms in total. The molecule has 1 amide bonds. The van der Waals surface area contributed by atoms with Crippen LogP contribution in [0.25, 0.3) is 0 Å². The van der Waals surface area contributed by atoms with Gasteiger partial charge in [0.25, 0.3) is 5.91 Å². The Bertz CT molecular complexity index is 578. The highest BCUT2D eigenvalue weighted by molar-refractivity contribution is 5.94. The van der Waals surface area contributed by atoms with E-state index in [0.717, 1.165) is 0 Å². The summed E-state index contributed by atoms with van der Waals surface area (Å²) in [5.74, 6) is -0.699. The van der Waals surface area contributed by atoms with Gasteiger partial charge < -0.3 is 15.0 Å². The van der Waals surface area contributed by atoms with Gasteiger partial charge in [-0.15, -0.1) is 0 Å². The number of carboxylic acid groups (broad SMARTS) is 1. The van der Waals surface area contributed by atoms with E-state index < -0.39 is 5.97 Å². The van der Waals surface area contributed by atoms with Gasteiger partial charge in [0.1, 0.15) is 11.5 Å². The van der Waals surface area contributed by atoms with Crippen LogP contribution < -0.4 is 0 Å². The molecule has 2 heterocycles. The zero-order valence-corrected chi connectivity index (χ0v) is 10.2. The van der Waals surface area contributed by atoms with Crippen LogP contribution in [-0.2, 0) is 6.54 Å². The summed E-state index contributed by atoms with van der Waals surface area (Å²) < 4.78 is 0. The largest absolute Gasteiger partial charge is 0.477 e. The first-order chi connectivity index (χ1) is 9.08. The molecule has 0 atom stereocenters. The van der Waals surface area contributed by atoms with Gasteiger partial charge in [0.15, 0.2) is 0 Å². The molecular formula is C12H12N4O3. The van der Waals surface area contributed by atoms with Crippen molar-refractivity contribution in [3.63, 3.8) is 0 Å². The highest BCUT2D eigenvalue weighted by atomic mass is 16.4. The number of rotatable bonds is 4. The van der Waals surface area contributed by atoms with Crippen LogP contribution in [0.15, 0.2) is 30.7 Å². The molecule has 0 radical (unpaired) electrons. The molecule has 0 aromatic carbocycles. The third-order valence-corrected chi connectivity index (χ3v) is 2.52. The van der Waals surface area contributed by atoms with E-state index in [0.29, 0.717) is 17.9 Å². The number of amides is 1. The molecule has 0 aliphatic carbocycles. The lowest BCUT2D eigenvalue weighted by Gasteiger charge is -2.15. The molecule has 2 aromatic rings. The number of carboxylic acids is 1. The number of carbonyl (C=O) groups is 2. The Morgan fingerprint density at radius 3 is 2.68 bits per heavy atom. The van der Waals surface area contributed by atoms with Crippen molar-refractivity contribution in [3.8, 4) is 0 Å². The first-order valence-electron chi connectivity index (χ1n) is 5.51. The molecule has 2 rings (SSSR count). The molecule has 19 heavy (non-hydrogen) atoms. The van der Waals surface area contributed by atoms with Crippen molar-refractivity contribution in [2.24, 2.45) is 0 Å². The predicted octanol–water partition coefficient (Wildman–Crippen LogP) is 0.775. The molecule has 7 heteroatoms. The number of aromatic carboxylic acids is 1. The average Bonchev–Trinajstić information content (AvgIpc) is 2.90. The highest BCUT2D eigenvalue weighted by Gasteiger charge is 2.14. The number of carbonyl (C=O) groups excluding carboxylic acids is 1. The Balaban J connectivity index is 2.08. The normalized spacial score (nSPS) is 10.2. The van der Waals surface area contributed by atoms with Gasteiger partial charge >= 0.3 is 5.97 Å². The summed E-state index contributed by atoms with van der Waals surface area (Å²) >= 11 is 0. The molecule has 0 bridgehead atoms. The Kier molecular flexibility index (Phi) is 3.56. The Morgan fingerprint density at radius 1 is 1.37 bits per heavy atom.